The van der Waals surface area contributed by atoms with Gasteiger partial charge in [-0.05, 0) is 22.9 Å². The molecule has 2 amide bonds. The highest BCUT2D eigenvalue weighted by molar-refractivity contribution is 5.86. The maximum atomic E-state index is 12.8. The highest BCUT2D eigenvalue weighted by atomic mass is 16.4. The average molecular weight is 367 g/mol. The molecule has 0 aliphatic rings. The Hall–Kier alpha value is -3.82. The van der Waals surface area contributed by atoms with Crippen LogP contribution < -0.4 is 10.6 Å². The van der Waals surface area contributed by atoms with Gasteiger partial charge in [0.1, 0.15) is 11.7 Å². The van der Waals surface area contributed by atoms with E-state index in [0.29, 0.717) is 5.69 Å². The van der Waals surface area contributed by atoms with Crippen LogP contribution in [-0.4, -0.2) is 42.3 Å². The molecule has 1 atom stereocenters. The first kappa shape index (κ1) is 18.0. The number of carbonyl (C=O) groups excluding carboxylic acids is 1. The molecule has 2 aromatic heterocycles. The van der Waals surface area contributed by atoms with Gasteiger partial charge in [-0.3, -0.25) is 10.1 Å². The summed E-state index contributed by atoms with van der Waals surface area (Å²) in [7, 11) is 1.63. The van der Waals surface area contributed by atoms with E-state index in [9.17, 15) is 9.59 Å². The van der Waals surface area contributed by atoms with Crippen LogP contribution in [0.25, 0.3) is 0 Å². The lowest BCUT2D eigenvalue weighted by Gasteiger charge is -2.14. The number of amides is 2. The summed E-state index contributed by atoms with van der Waals surface area (Å²) in [5.74, 6) is -0.562. The van der Waals surface area contributed by atoms with Crippen molar-refractivity contribution in [3.8, 4) is 0 Å². The molecule has 1 unspecified atom stereocenters. The van der Waals surface area contributed by atoms with Crippen LogP contribution in [0.4, 0.5) is 10.6 Å². The molecule has 3 aromatic rings. The summed E-state index contributed by atoms with van der Waals surface area (Å²) in [6.07, 6.45) is -1.21. The molecule has 10 heteroatoms. The SMILES string of the molecule is Cn1nnc(C(C(=O)NCc2cccc(NC(=O)O)n2)c2ccccc2)n1. The van der Waals surface area contributed by atoms with Crippen molar-refractivity contribution in [1.82, 2.24) is 30.5 Å². The van der Waals surface area contributed by atoms with E-state index >= 15 is 0 Å². The second-order valence-corrected chi connectivity index (χ2v) is 5.64. The Morgan fingerprint density at radius 3 is 2.59 bits per heavy atom. The minimum atomic E-state index is -1.21. The summed E-state index contributed by atoms with van der Waals surface area (Å²) in [6, 6.07) is 14.0. The lowest BCUT2D eigenvalue weighted by Crippen LogP contribution is -2.30. The van der Waals surface area contributed by atoms with E-state index in [2.05, 4.69) is 31.0 Å². The molecule has 0 aliphatic carbocycles. The number of nitrogens with one attached hydrogen (secondary N) is 2. The van der Waals surface area contributed by atoms with Gasteiger partial charge in [-0.25, -0.2) is 9.78 Å². The Bertz CT molecular complexity index is 942. The number of carboxylic acid groups (broad SMARTS) is 1. The molecule has 0 saturated carbocycles. The minimum Gasteiger partial charge on any atom is -0.465 e. The van der Waals surface area contributed by atoms with Gasteiger partial charge < -0.3 is 10.4 Å². The van der Waals surface area contributed by atoms with E-state index in [0.717, 1.165) is 5.56 Å². The molecule has 0 saturated heterocycles. The van der Waals surface area contributed by atoms with E-state index in [4.69, 9.17) is 5.11 Å². The number of nitrogens with zero attached hydrogens (tertiary/aromatic N) is 5. The third kappa shape index (κ3) is 4.63. The molecule has 3 rings (SSSR count). The van der Waals surface area contributed by atoms with Crippen LogP contribution in [0.2, 0.25) is 0 Å². The van der Waals surface area contributed by atoms with Crippen molar-refractivity contribution in [3.63, 3.8) is 0 Å². The van der Waals surface area contributed by atoms with E-state index in [-0.39, 0.29) is 24.1 Å². The summed E-state index contributed by atoms with van der Waals surface area (Å²) >= 11 is 0. The quantitative estimate of drug-likeness (QED) is 0.594. The van der Waals surface area contributed by atoms with Gasteiger partial charge in [-0.15, -0.1) is 10.2 Å². The second-order valence-electron chi connectivity index (χ2n) is 5.64. The molecular weight excluding hydrogens is 350 g/mol. The van der Waals surface area contributed by atoms with E-state index in [1.54, 1.807) is 19.2 Å². The number of carbonyl (C=O) groups is 2. The average Bonchev–Trinajstić information content (AvgIpc) is 3.07. The van der Waals surface area contributed by atoms with Gasteiger partial charge in [0.2, 0.25) is 5.91 Å². The normalized spacial score (nSPS) is 11.6. The van der Waals surface area contributed by atoms with Crippen LogP contribution in [0.1, 0.15) is 23.0 Å². The fourth-order valence-electron chi connectivity index (χ4n) is 2.51. The molecular formula is C17H17N7O3. The summed E-state index contributed by atoms with van der Waals surface area (Å²) < 4.78 is 0. The van der Waals surface area contributed by atoms with Crippen LogP contribution in [0, 0.1) is 0 Å². The fourth-order valence-corrected chi connectivity index (χ4v) is 2.51. The summed E-state index contributed by atoms with van der Waals surface area (Å²) in [4.78, 5) is 29.0. The number of aryl methyl sites for hydroxylation is 1. The van der Waals surface area contributed by atoms with Crippen molar-refractivity contribution in [1.29, 1.82) is 0 Å². The third-order valence-electron chi connectivity index (χ3n) is 3.66. The molecule has 138 valence electrons. The van der Waals surface area contributed by atoms with Gasteiger partial charge in [0.15, 0.2) is 5.82 Å². The van der Waals surface area contributed by atoms with Gasteiger partial charge in [-0.2, -0.15) is 4.80 Å². The Morgan fingerprint density at radius 1 is 1.15 bits per heavy atom. The van der Waals surface area contributed by atoms with E-state index in [1.807, 2.05) is 30.3 Å². The van der Waals surface area contributed by atoms with Crippen LogP contribution in [-0.2, 0) is 18.4 Å². The van der Waals surface area contributed by atoms with E-state index in [1.165, 1.54) is 10.9 Å². The summed E-state index contributed by atoms with van der Waals surface area (Å²) in [6.45, 7) is 0.123. The zero-order valence-corrected chi connectivity index (χ0v) is 14.4. The number of aromatic nitrogens is 5. The van der Waals surface area contributed by atoms with Crippen molar-refractivity contribution in [3.05, 3.63) is 65.6 Å². The molecule has 0 radical (unpaired) electrons. The number of hydrogen-bond donors (Lipinski definition) is 3. The van der Waals surface area contributed by atoms with Gasteiger partial charge >= 0.3 is 6.09 Å². The van der Waals surface area contributed by atoms with Gasteiger partial charge in [0, 0.05) is 0 Å². The zero-order chi connectivity index (χ0) is 19.2. The molecule has 2 heterocycles. The predicted octanol–water partition coefficient (Wildman–Crippen LogP) is 1.14. The smallest absolute Gasteiger partial charge is 0.410 e. The number of pyridine rings is 1. The van der Waals surface area contributed by atoms with Crippen LogP contribution in [0.5, 0.6) is 0 Å². The minimum absolute atomic E-state index is 0.123. The van der Waals surface area contributed by atoms with Crippen LogP contribution in [0.3, 0.4) is 0 Å². The number of anilines is 1. The number of benzene rings is 1. The fraction of sp³-hybridized carbons (Fsp3) is 0.176. The van der Waals surface area contributed by atoms with Crippen molar-refractivity contribution >= 4 is 17.8 Å². The second kappa shape index (κ2) is 8.04. The molecule has 0 spiro atoms. The Labute approximate surface area is 154 Å². The van der Waals surface area contributed by atoms with E-state index < -0.39 is 12.0 Å². The maximum absolute atomic E-state index is 12.8. The van der Waals surface area contributed by atoms with Crippen molar-refractivity contribution in [2.45, 2.75) is 12.5 Å². The Kier molecular flexibility index (Phi) is 5.36. The number of tetrazole rings is 1. The van der Waals surface area contributed by atoms with Crippen molar-refractivity contribution in [2.75, 3.05) is 5.32 Å². The molecule has 27 heavy (non-hydrogen) atoms. The standard InChI is InChI=1S/C17H17N7O3/c1-24-22-15(21-23-24)14(11-6-3-2-4-7-11)16(25)18-10-12-8-5-9-13(19-12)20-17(26)27/h2-9,14H,10H2,1H3,(H,18,25)(H,19,20)(H,26,27). The first-order valence-corrected chi connectivity index (χ1v) is 8.05. The molecule has 1 aromatic carbocycles. The molecule has 10 nitrogen and oxygen atoms in total. The highest BCUT2D eigenvalue weighted by Gasteiger charge is 2.27. The van der Waals surface area contributed by atoms with Gasteiger partial charge in [-0.1, -0.05) is 36.4 Å². The zero-order valence-electron chi connectivity index (χ0n) is 14.4. The third-order valence-corrected chi connectivity index (χ3v) is 3.66. The first-order valence-electron chi connectivity index (χ1n) is 8.05. The lowest BCUT2D eigenvalue weighted by molar-refractivity contribution is -0.122. The molecule has 0 aliphatic heterocycles. The largest absolute Gasteiger partial charge is 0.465 e. The van der Waals surface area contributed by atoms with Gasteiger partial charge in [0.05, 0.1) is 19.3 Å². The molecule has 3 N–H and O–H groups in total. The highest BCUT2D eigenvalue weighted by Crippen LogP contribution is 2.21. The first-order chi connectivity index (χ1) is 13.0. The molecule has 0 bridgehead atoms. The van der Waals surface area contributed by atoms with Crippen molar-refractivity contribution < 1.29 is 14.7 Å². The molecule has 0 fully saturated rings. The maximum Gasteiger partial charge on any atom is 0.410 e. The number of hydrogen-bond acceptors (Lipinski definition) is 6. The predicted molar refractivity (Wildman–Crippen MR) is 94.8 cm³/mol. The van der Waals surface area contributed by atoms with Gasteiger partial charge in [0.25, 0.3) is 0 Å². The Morgan fingerprint density at radius 2 is 1.93 bits per heavy atom. The Balaban J connectivity index is 1.76. The van der Waals surface area contributed by atoms with Crippen LogP contribution >= 0.6 is 0 Å². The summed E-state index contributed by atoms with van der Waals surface area (Å²) in [5.41, 5.74) is 1.24. The van der Waals surface area contributed by atoms with Crippen LogP contribution in [0.15, 0.2) is 48.5 Å². The topological polar surface area (TPSA) is 135 Å². The van der Waals surface area contributed by atoms with Crippen molar-refractivity contribution in [2.24, 2.45) is 7.05 Å². The lowest BCUT2D eigenvalue weighted by atomic mass is 9.97. The summed E-state index contributed by atoms with van der Waals surface area (Å²) in [5, 5.41) is 25.6. The monoisotopic (exact) mass is 367 g/mol. The number of rotatable bonds is 6.